The SMILES string of the molecule is COc1cccc([C@H]2NC(=O)c3c(sc4c3CC[C@H](C)C4)N2)c1O. The Morgan fingerprint density at radius 1 is 1.33 bits per heavy atom. The van der Waals surface area contributed by atoms with Gasteiger partial charge in [-0.15, -0.1) is 11.3 Å². The largest absolute Gasteiger partial charge is 0.504 e. The fourth-order valence-electron chi connectivity index (χ4n) is 3.56. The van der Waals surface area contributed by atoms with Crippen LogP contribution in [0, 0.1) is 5.92 Å². The first-order chi connectivity index (χ1) is 11.6. The standard InChI is InChI=1S/C18H20N2O3S/c1-9-6-7-10-13(8-9)24-18-14(10)17(22)19-16(20-18)11-4-3-5-12(23-2)15(11)21/h3-5,9,16,20-21H,6-8H2,1-2H3,(H,19,22)/t9-,16-/m0/s1. The molecule has 2 atom stereocenters. The summed E-state index contributed by atoms with van der Waals surface area (Å²) in [5.41, 5.74) is 2.60. The van der Waals surface area contributed by atoms with Crippen LogP contribution in [-0.4, -0.2) is 18.1 Å². The van der Waals surface area contributed by atoms with E-state index in [2.05, 4.69) is 17.6 Å². The maximum Gasteiger partial charge on any atom is 0.256 e. The Labute approximate surface area is 144 Å². The number of amides is 1. The Balaban J connectivity index is 1.71. The molecule has 24 heavy (non-hydrogen) atoms. The number of phenols is 1. The Morgan fingerprint density at radius 3 is 2.96 bits per heavy atom. The Hall–Kier alpha value is -2.21. The van der Waals surface area contributed by atoms with Gasteiger partial charge in [-0.3, -0.25) is 4.79 Å². The third-order valence-electron chi connectivity index (χ3n) is 4.85. The fourth-order valence-corrected chi connectivity index (χ4v) is 4.99. The van der Waals surface area contributed by atoms with Gasteiger partial charge in [-0.2, -0.15) is 0 Å². The molecule has 0 unspecified atom stereocenters. The molecule has 3 N–H and O–H groups in total. The highest BCUT2D eigenvalue weighted by Crippen LogP contribution is 2.44. The van der Waals surface area contributed by atoms with Crippen LogP contribution < -0.4 is 15.4 Å². The van der Waals surface area contributed by atoms with Crippen LogP contribution in [0.4, 0.5) is 5.00 Å². The van der Waals surface area contributed by atoms with Crippen molar-refractivity contribution in [3.63, 3.8) is 0 Å². The zero-order valence-corrected chi connectivity index (χ0v) is 14.5. The lowest BCUT2D eigenvalue weighted by molar-refractivity contribution is 0.0934. The van der Waals surface area contributed by atoms with E-state index in [4.69, 9.17) is 4.74 Å². The summed E-state index contributed by atoms with van der Waals surface area (Å²) in [6.07, 6.45) is 2.67. The summed E-state index contributed by atoms with van der Waals surface area (Å²) in [6.45, 7) is 2.26. The minimum atomic E-state index is -0.461. The Morgan fingerprint density at radius 2 is 2.17 bits per heavy atom. The molecule has 1 amide bonds. The molecule has 2 aromatic rings. The molecule has 1 aliphatic heterocycles. The molecule has 0 spiro atoms. The number of fused-ring (bicyclic) bond motifs is 3. The number of rotatable bonds is 2. The van der Waals surface area contributed by atoms with Crippen LogP contribution >= 0.6 is 11.3 Å². The number of phenolic OH excluding ortho intramolecular Hbond substituents is 1. The second-order valence-corrected chi connectivity index (χ2v) is 7.61. The fraction of sp³-hybridized carbons (Fsp3) is 0.389. The smallest absolute Gasteiger partial charge is 0.256 e. The summed E-state index contributed by atoms with van der Waals surface area (Å²) in [5.74, 6) is 1.05. The van der Waals surface area contributed by atoms with Crippen molar-refractivity contribution in [2.24, 2.45) is 5.92 Å². The number of hydrogen-bond acceptors (Lipinski definition) is 5. The molecular weight excluding hydrogens is 324 g/mol. The summed E-state index contributed by atoms with van der Waals surface area (Å²) in [4.78, 5) is 14.0. The zero-order valence-electron chi connectivity index (χ0n) is 13.7. The first kappa shape index (κ1) is 15.3. The van der Waals surface area contributed by atoms with Crippen molar-refractivity contribution in [3.8, 4) is 11.5 Å². The van der Waals surface area contributed by atoms with Crippen LogP contribution in [0.1, 0.15) is 45.9 Å². The topological polar surface area (TPSA) is 70.6 Å². The molecule has 126 valence electrons. The highest BCUT2D eigenvalue weighted by atomic mass is 32.1. The number of carbonyl (C=O) groups is 1. The minimum absolute atomic E-state index is 0.0520. The van der Waals surface area contributed by atoms with Gasteiger partial charge in [0.05, 0.1) is 12.7 Å². The summed E-state index contributed by atoms with van der Waals surface area (Å²) < 4.78 is 5.16. The van der Waals surface area contributed by atoms with Crippen molar-refractivity contribution in [1.82, 2.24) is 5.32 Å². The molecule has 2 heterocycles. The van der Waals surface area contributed by atoms with Crippen LogP contribution in [-0.2, 0) is 12.8 Å². The zero-order chi connectivity index (χ0) is 16.8. The van der Waals surface area contributed by atoms with Crippen molar-refractivity contribution in [1.29, 1.82) is 0 Å². The van der Waals surface area contributed by atoms with Gasteiger partial charge in [0.15, 0.2) is 11.5 Å². The second kappa shape index (κ2) is 5.70. The van der Waals surface area contributed by atoms with Crippen LogP contribution in [0.25, 0.3) is 0 Å². The third kappa shape index (κ3) is 2.33. The first-order valence-electron chi connectivity index (χ1n) is 8.16. The number of methoxy groups -OCH3 is 1. The second-order valence-electron chi connectivity index (χ2n) is 6.50. The molecule has 6 heteroatoms. The number of thiophene rings is 1. The van der Waals surface area contributed by atoms with E-state index in [0.29, 0.717) is 17.2 Å². The quantitative estimate of drug-likeness (QED) is 0.780. The average Bonchev–Trinajstić information content (AvgIpc) is 2.92. The monoisotopic (exact) mass is 344 g/mol. The molecule has 0 fully saturated rings. The molecular formula is C18H20N2O3S. The highest BCUT2D eigenvalue weighted by molar-refractivity contribution is 7.16. The Kier molecular flexibility index (Phi) is 3.64. The number of anilines is 1. The molecule has 0 saturated heterocycles. The summed E-state index contributed by atoms with van der Waals surface area (Å²) in [6, 6.07) is 5.29. The van der Waals surface area contributed by atoms with E-state index in [1.807, 2.05) is 0 Å². The van der Waals surface area contributed by atoms with Gasteiger partial charge in [0, 0.05) is 10.4 Å². The lowest BCUT2D eigenvalue weighted by Gasteiger charge is -2.27. The maximum absolute atomic E-state index is 12.7. The van der Waals surface area contributed by atoms with E-state index in [-0.39, 0.29) is 11.7 Å². The van der Waals surface area contributed by atoms with Crippen molar-refractivity contribution in [3.05, 3.63) is 39.8 Å². The molecule has 2 aliphatic rings. The molecule has 0 bridgehead atoms. The lowest BCUT2D eigenvalue weighted by Crippen LogP contribution is -2.38. The van der Waals surface area contributed by atoms with Crippen molar-refractivity contribution in [2.45, 2.75) is 32.4 Å². The Bertz CT molecular complexity index is 815. The van der Waals surface area contributed by atoms with Crippen LogP contribution in [0.3, 0.4) is 0 Å². The maximum atomic E-state index is 12.7. The number of aromatic hydroxyl groups is 1. The first-order valence-corrected chi connectivity index (χ1v) is 8.98. The number of carbonyl (C=O) groups excluding carboxylic acids is 1. The summed E-state index contributed by atoms with van der Waals surface area (Å²) >= 11 is 1.67. The third-order valence-corrected chi connectivity index (χ3v) is 6.04. The molecule has 0 saturated carbocycles. The van der Waals surface area contributed by atoms with Gasteiger partial charge >= 0.3 is 0 Å². The van der Waals surface area contributed by atoms with Gasteiger partial charge < -0.3 is 20.5 Å². The van der Waals surface area contributed by atoms with E-state index < -0.39 is 6.17 Å². The number of ether oxygens (including phenoxy) is 1. The van der Waals surface area contributed by atoms with Gasteiger partial charge in [-0.1, -0.05) is 19.1 Å². The predicted molar refractivity (Wildman–Crippen MR) is 94.0 cm³/mol. The van der Waals surface area contributed by atoms with Crippen molar-refractivity contribution >= 4 is 22.2 Å². The molecule has 5 nitrogen and oxygen atoms in total. The molecule has 4 rings (SSSR count). The van der Waals surface area contributed by atoms with Crippen LogP contribution in [0.2, 0.25) is 0 Å². The number of nitrogens with one attached hydrogen (secondary N) is 2. The van der Waals surface area contributed by atoms with Gasteiger partial charge in [0.2, 0.25) is 0 Å². The number of hydrogen-bond donors (Lipinski definition) is 3. The van der Waals surface area contributed by atoms with Crippen LogP contribution in [0.5, 0.6) is 11.5 Å². The van der Waals surface area contributed by atoms with Gasteiger partial charge in [-0.05, 0) is 36.8 Å². The van der Waals surface area contributed by atoms with E-state index in [9.17, 15) is 9.90 Å². The normalized spacial score (nSPS) is 22.2. The van der Waals surface area contributed by atoms with E-state index >= 15 is 0 Å². The van der Waals surface area contributed by atoms with Gasteiger partial charge in [-0.25, -0.2) is 0 Å². The average molecular weight is 344 g/mol. The van der Waals surface area contributed by atoms with Gasteiger partial charge in [0.1, 0.15) is 11.2 Å². The number of para-hydroxylation sites is 1. The highest BCUT2D eigenvalue weighted by Gasteiger charge is 2.34. The van der Waals surface area contributed by atoms with Crippen molar-refractivity contribution < 1.29 is 14.6 Å². The van der Waals surface area contributed by atoms with E-state index in [1.165, 1.54) is 17.6 Å². The molecule has 1 aromatic heterocycles. The lowest BCUT2D eigenvalue weighted by atomic mass is 9.88. The van der Waals surface area contributed by atoms with Crippen LogP contribution in [0.15, 0.2) is 18.2 Å². The summed E-state index contributed by atoms with van der Waals surface area (Å²) in [7, 11) is 1.51. The summed E-state index contributed by atoms with van der Waals surface area (Å²) in [5, 5.41) is 17.6. The molecule has 1 aromatic carbocycles. The molecule has 1 aliphatic carbocycles. The van der Waals surface area contributed by atoms with Gasteiger partial charge in [0.25, 0.3) is 5.91 Å². The van der Waals surface area contributed by atoms with E-state index in [0.717, 1.165) is 29.8 Å². The number of benzene rings is 1. The predicted octanol–water partition coefficient (Wildman–Crippen LogP) is 3.44. The van der Waals surface area contributed by atoms with Crippen molar-refractivity contribution in [2.75, 3.05) is 12.4 Å². The minimum Gasteiger partial charge on any atom is -0.504 e. The van der Waals surface area contributed by atoms with E-state index in [1.54, 1.807) is 29.5 Å². The molecule has 0 radical (unpaired) electrons.